The standard InChI is InChI=1S/C19H18Cl2N2/c1-11-18(22-15-6-4-5-7-23(11)15)17-16(19(17,2)3)12-8-13(20)10-14(21)9-12/h4-10,16-17H,1-3H3. The Balaban J connectivity index is 1.81. The van der Waals surface area contributed by atoms with Crippen LogP contribution in [-0.4, -0.2) is 9.38 Å². The smallest absolute Gasteiger partial charge is 0.137 e. The Morgan fingerprint density at radius 2 is 1.74 bits per heavy atom. The number of fused-ring (bicyclic) bond motifs is 1. The molecule has 2 aromatic heterocycles. The van der Waals surface area contributed by atoms with Crippen LogP contribution in [0.1, 0.15) is 42.6 Å². The molecule has 0 bridgehead atoms. The zero-order chi connectivity index (χ0) is 16.4. The summed E-state index contributed by atoms with van der Waals surface area (Å²) in [5.74, 6) is 0.777. The molecule has 2 unspecified atom stereocenters. The summed E-state index contributed by atoms with van der Waals surface area (Å²) in [6.07, 6.45) is 2.07. The van der Waals surface area contributed by atoms with E-state index in [0.29, 0.717) is 21.9 Å². The molecule has 4 heteroatoms. The minimum atomic E-state index is 0.150. The van der Waals surface area contributed by atoms with Gasteiger partial charge in [0.05, 0.1) is 5.69 Å². The fourth-order valence-corrected chi connectivity index (χ4v) is 4.50. The lowest BCUT2D eigenvalue weighted by molar-refractivity contribution is 0.597. The summed E-state index contributed by atoms with van der Waals surface area (Å²) in [6, 6.07) is 12.0. The van der Waals surface area contributed by atoms with E-state index in [9.17, 15) is 0 Å². The minimum absolute atomic E-state index is 0.150. The van der Waals surface area contributed by atoms with Crippen molar-refractivity contribution in [2.75, 3.05) is 0 Å². The van der Waals surface area contributed by atoms with E-state index in [1.165, 1.54) is 17.0 Å². The molecule has 0 spiro atoms. The minimum Gasteiger partial charge on any atom is -0.304 e. The third-order valence-electron chi connectivity index (χ3n) is 5.17. The number of rotatable bonds is 2. The lowest BCUT2D eigenvalue weighted by Crippen LogP contribution is -1.93. The molecule has 1 fully saturated rings. The summed E-state index contributed by atoms with van der Waals surface area (Å²) in [7, 11) is 0. The van der Waals surface area contributed by atoms with Gasteiger partial charge in [-0.15, -0.1) is 0 Å². The fraction of sp³-hybridized carbons (Fsp3) is 0.316. The molecule has 23 heavy (non-hydrogen) atoms. The van der Waals surface area contributed by atoms with Crippen molar-refractivity contribution in [1.29, 1.82) is 0 Å². The number of benzene rings is 1. The van der Waals surface area contributed by atoms with Crippen molar-refractivity contribution in [1.82, 2.24) is 9.38 Å². The molecule has 1 saturated carbocycles. The lowest BCUT2D eigenvalue weighted by Gasteiger charge is -2.04. The molecule has 0 amide bonds. The van der Waals surface area contributed by atoms with Crippen LogP contribution in [0.15, 0.2) is 42.6 Å². The van der Waals surface area contributed by atoms with Gasteiger partial charge in [-0.1, -0.05) is 43.1 Å². The fourth-order valence-electron chi connectivity index (χ4n) is 3.96. The molecule has 0 N–H and O–H groups in total. The van der Waals surface area contributed by atoms with E-state index in [2.05, 4.69) is 37.4 Å². The van der Waals surface area contributed by atoms with Crippen molar-refractivity contribution >= 4 is 28.8 Å². The van der Waals surface area contributed by atoms with E-state index in [-0.39, 0.29) is 5.41 Å². The Bertz CT molecular complexity index is 891. The van der Waals surface area contributed by atoms with Gasteiger partial charge in [-0.3, -0.25) is 0 Å². The third kappa shape index (κ3) is 2.28. The molecular formula is C19H18Cl2N2. The molecule has 1 aliphatic rings. The Morgan fingerprint density at radius 3 is 2.39 bits per heavy atom. The highest BCUT2D eigenvalue weighted by Gasteiger charge is 2.60. The topological polar surface area (TPSA) is 17.3 Å². The molecule has 2 heterocycles. The third-order valence-corrected chi connectivity index (χ3v) is 5.61. The molecule has 4 rings (SSSR count). The molecule has 2 atom stereocenters. The first-order chi connectivity index (χ1) is 10.9. The van der Waals surface area contributed by atoms with Crippen LogP contribution in [0.2, 0.25) is 10.0 Å². The average molecular weight is 345 g/mol. The molecule has 118 valence electrons. The highest BCUT2D eigenvalue weighted by Crippen LogP contribution is 2.70. The predicted molar refractivity (Wildman–Crippen MR) is 95.7 cm³/mol. The van der Waals surface area contributed by atoms with Crippen molar-refractivity contribution in [3.63, 3.8) is 0 Å². The van der Waals surface area contributed by atoms with Crippen LogP contribution in [0, 0.1) is 12.3 Å². The number of hydrogen-bond donors (Lipinski definition) is 0. The zero-order valence-corrected chi connectivity index (χ0v) is 14.9. The van der Waals surface area contributed by atoms with Gasteiger partial charge >= 0.3 is 0 Å². The summed E-state index contributed by atoms with van der Waals surface area (Å²) in [4.78, 5) is 4.89. The summed E-state index contributed by atoms with van der Waals surface area (Å²) in [5.41, 5.74) is 4.76. The maximum atomic E-state index is 6.20. The lowest BCUT2D eigenvalue weighted by atomic mass is 10.0. The molecule has 1 aromatic carbocycles. The quantitative estimate of drug-likeness (QED) is 0.569. The Hall–Kier alpha value is -1.51. The van der Waals surface area contributed by atoms with Crippen molar-refractivity contribution < 1.29 is 0 Å². The maximum Gasteiger partial charge on any atom is 0.137 e. The van der Waals surface area contributed by atoms with Crippen molar-refractivity contribution in [3.8, 4) is 0 Å². The van der Waals surface area contributed by atoms with Crippen LogP contribution in [-0.2, 0) is 0 Å². The molecule has 0 radical (unpaired) electrons. The number of hydrogen-bond acceptors (Lipinski definition) is 1. The van der Waals surface area contributed by atoms with Crippen LogP contribution < -0.4 is 0 Å². The Labute approximate surface area is 146 Å². The van der Waals surface area contributed by atoms with Gasteiger partial charge in [-0.05, 0) is 54.2 Å². The molecule has 0 saturated heterocycles. The van der Waals surface area contributed by atoms with E-state index in [4.69, 9.17) is 28.2 Å². The summed E-state index contributed by atoms with van der Waals surface area (Å²) in [5, 5.41) is 1.39. The molecular weight excluding hydrogens is 327 g/mol. The van der Waals surface area contributed by atoms with Gasteiger partial charge in [0.2, 0.25) is 0 Å². The zero-order valence-electron chi connectivity index (χ0n) is 13.3. The number of imidazole rings is 1. The number of nitrogens with zero attached hydrogens (tertiary/aromatic N) is 2. The molecule has 2 nitrogen and oxygen atoms in total. The Morgan fingerprint density at radius 1 is 1.04 bits per heavy atom. The highest BCUT2D eigenvalue weighted by molar-refractivity contribution is 6.34. The Kier molecular flexibility index (Phi) is 3.26. The SMILES string of the molecule is Cc1c(C2C(c3cc(Cl)cc(Cl)c3)C2(C)C)nc2ccccn12. The van der Waals surface area contributed by atoms with Crippen molar-refractivity contribution in [2.24, 2.45) is 5.41 Å². The van der Waals surface area contributed by atoms with Crippen molar-refractivity contribution in [2.45, 2.75) is 32.6 Å². The van der Waals surface area contributed by atoms with Crippen LogP contribution in [0.25, 0.3) is 5.65 Å². The molecule has 1 aliphatic carbocycles. The van der Waals surface area contributed by atoms with E-state index >= 15 is 0 Å². The van der Waals surface area contributed by atoms with Crippen LogP contribution >= 0.6 is 23.2 Å². The summed E-state index contributed by atoms with van der Waals surface area (Å²) < 4.78 is 2.16. The van der Waals surface area contributed by atoms with Gasteiger partial charge < -0.3 is 4.40 Å². The average Bonchev–Trinajstić information content (AvgIpc) is 2.89. The van der Waals surface area contributed by atoms with Crippen LogP contribution in [0.3, 0.4) is 0 Å². The van der Waals surface area contributed by atoms with Crippen LogP contribution in [0.5, 0.6) is 0 Å². The van der Waals surface area contributed by atoms with E-state index < -0.39 is 0 Å². The maximum absolute atomic E-state index is 6.20. The highest BCUT2D eigenvalue weighted by atomic mass is 35.5. The summed E-state index contributed by atoms with van der Waals surface area (Å²) in [6.45, 7) is 6.73. The van der Waals surface area contributed by atoms with E-state index in [1.54, 1.807) is 6.07 Å². The largest absolute Gasteiger partial charge is 0.304 e. The van der Waals surface area contributed by atoms with Crippen LogP contribution in [0.4, 0.5) is 0 Å². The second kappa shape index (κ2) is 4.99. The molecule has 0 aliphatic heterocycles. The van der Waals surface area contributed by atoms with Gasteiger partial charge in [0.25, 0.3) is 0 Å². The van der Waals surface area contributed by atoms with E-state index in [1.807, 2.05) is 24.3 Å². The van der Waals surface area contributed by atoms with Gasteiger partial charge in [0.15, 0.2) is 0 Å². The monoisotopic (exact) mass is 344 g/mol. The number of pyridine rings is 1. The first kappa shape index (κ1) is 15.0. The normalized spacial score (nSPS) is 22.5. The second-order valence-corrected chi connectivity index (χ2v) is 7.86. The van der Waals surface area contributed by atoms with Gasteiger partial charge in [0.1, 0.15) is 5.65 Å². The second-order valence-electron chi connectivity index (χ2n) is 6.99. The number of aromatic nitrogens is 2. The first-order valence-electron chi connectivity index (χ1n) is 7.79. The van der Waals surface area contributed by atoms with Gasteiger partial charge in [0, 0.05) is 27.9 Å². The van der Waals surface area contributed by atoms with E-state index in [0.717, 1.165) is 5.65 Å². The van der Waals surface area contributed by atoms with Gasteiger partial charge in [-0.2, -0.15) is 0 Å². The molecule has 3 aromatic rings. The number of halogens is 2. The predicted octanol–water partition coefficient (Wildman–Crippen LogP) is 5.86. The number of aryl methyl sites for hydroxylation is 1. The van der Waals surface area contributed by atoms with Gasteiger partial charge in [-0.25, -0.2) is 4.98 Å². The summed E-state index contributed by atoms with van der Waals surface area (Å²) >= 11 is 12.4. The first-order valence-corrected chi connectivity index (χ1v) is 8.55. The van der Waals surface area contributed by atoms with Crippen molar-refractivity contribution in [3.05, 3.63) is 69.6 Å².